The summed E-state index contributed by atoms with van der Waals surface area (Å²) < 4.78 is 20.0. The minimum absolute atomic E-state index is 0.0513. The van der Waals surface area contributed by atoms with Crippen molar-refractivity contribution in [3.05, 3.63) is 117 Å². The summed E-state index contributed by atoms with van der Waals surface area (Å²) >= 11 is 0. The number of nitro groups is 1. The first-order valence-electron chi connectivity index (χ1n) is 14.3. The Morgan fingerprint density at radius 3 is 2.08 bits per heavy atom. The lowest BCUT2D eigenvalue weighted by Gasteiger charge is -2.36. The van der Waals surface area contributed by atoms with E-state index in [1.165, 1.54) is 29.2 Å². The van der Waals surface area contributed by atoms with E-state index in [1.807, 2.05) is 24.3 Å². The van der Waals surface area contributed by atoms with Gasteiger partial charge in [0.25, 0.3) is 11.6 Å². The van der Waals surface area contributed by atoms with E-state index in [0.717, 1.165) is 29.7 Å². The maximum atomic E-state index is 14.5. The molecule has 0 saturated heterocycles. The van der Waals surface area contributed by atoms with Crippen LogP contribution in [-0.2, 0) is 13.0 Å². The first-order chi connectivity index (χ1) is 23.0. The first kappa shape index (κ1) is 32.7. The Kier molecular flexibility index (Phi) is 9.69. The number of benzene rings is 4. The zero-order valence-electron chi connectivity index (χ0n) is 24.8. The summed E-state index contributed by atoms with van der Waals surface area (Å²) in [6, 6.07) is 20.8. The van der Waals surface area contributed by atoms with Crippen LogP contribution in [0.2, 0.25) is 0 Å². The summed E-state index contributed by atoms with van der Waals surface area (Å²) in [5.74, 6) is -2.12. The van der Waals surface area contributed by atoms with Gasteiger partial charge in [-0.15, -0.1) is 0 Å². The van der Waals surface area contributed by atoms with Gasteiger partial charge in [-0.2, -0.15) is 0 Å². The largest absolute Gasteiger partial charge is 0.511 e. The zero-order valence-corrected chi connectivity index (χ0v) is 24.8. The van der Waals surface area contributed by atoms with Gasteiger partial charge < -0.3 is 39.2 Å². The van der Waals surface area contributed by atoms with Crippen molar-refractivity contribution in [1.29, 1.82) is 0 Å². The van der Waals surface area contributed by atoms with Crippen molar-refractivity contribution < 1.29 is 58.4 Å². The van der Waals surface area contributed by atoms with Crippen molar-refractivity contribution >= 4 is 30.1 Å². The molecule has 0 unspecified atom stereocenters. The van der Waals surface area contributed by atoms with Crippen molar-refractivity contribution in [2.24, 2.45) is 0 Å². The molecular formula is C33H26N2O13. The molecule has 48 heavy (non-hydrogen) atoms. The molecule has 15 nitrogen and oxygen atoms in total. The molecule has 1 amide bonds. The van der Waals surface area contributed by atoms with Crippen LogP contribution in [0.25, 0.3) is 0 Å². The standard InChI is InChI=1S/C33H26N2O13/c36-30(25-16-28(47-32(39)40)29(48-33(41)42)17-27(25)46-31(37)38)34(26-10-4-7-20-6-1-2-9-24(20)26)18-19-5-3-8-23(15-19)45-22-13-11-21(12-14-22)35(43)44/h1-3,5-6,8-9,11-17,26H,4,7,10,18H2,(H,37,38)(H,39,40)(H,41,42)/t26-/m0/s1. The van der Waals surface area contributed by atoms with Crippen LogP contribution >= 0.6 is 0 Å². The third-order valence-corrected chi connectivity index (χ3v) is 7.38. The second kappa shape index (κ2) is 14.2. The third kappa shape index (κ3) is 7.77. The predicted molar refractivity (Wildman–Crippen MR) is 164 cm³/mol. The van der Waals surface area contributed by atoms with Gasteiger partial charge in [0.15, 0.2) is 17.2 Å². The molecule has 1 aliphatic carbocycles. The number of carboxylic acid groups (broad SMARTS) is 3. The van der Waals surface area contributed by atoms with Gasteiger partial charge in [-0.05, 0) is 60.2 Å². The number of rotatable bonds is 10. The fourth-order valence-corrected chi connectivity index (χ4v) is 5.44. The average Bonchev–Trinajstić information content (AvgIpc) is 3.04. The number of nitrogens with zero attached hydrogens (tertiary/aromatic N) is 2. The molecule has 3 N–H and O–H groups in total. The van der Waals surface area contributed by atoms with E-state index in [1.54, 1.807) is 24.3 Å². The Balaban J connectivity index is 1.57. The van der Waals surface area contributed by atoms with E-state index >= 15 is 0 Å². The number of amides is 1. The van der Waals surface area contributed by atoms with Gasteiger partial charge in [0.05, 0.1) is 16.5 Å². The van der Waals surface area contributed by atoms with Gasteiger partial charge in [-0.3, -0.25) is 14.9 Å². The van der Waals surface area contributed by atoms with Crippen molar-refractivity contribution in [2.45, 2.75) is 31.8 Å². The van der Waals surface area contributed by atoms with Gasteiger partial charge >= 0.3 is 18.5 Å². The Morgan fingerprint density at radius 1 is 0.771 bits per heavy atom. The topological polar surface area (TPSA) is 212 Å². The summed E-state index contributed by atoms with van der Waals surface area (Å²) in [5.41, 5.74) is 1.89. The third-order valence-electron chi connectivity index (χ3n) is 7.38. The monoisotopic (exact) mass is 658 g/mol. The van der Waals surface area contributed by atoms with Crippen LogP contribution < -0.4 is 18.9 Å². The van der Waals surface area contributed by atoms with Crippen LogP contribution in [-0.4, -0.2) is 49.5 Å². The molecule has 15 heteroatoms. The highest BCUT2D eigenvalue weighted by atomic mass is 16.7. The predicted octanol–water partition coefficient (Wildman–Crippen LogP) is 7.28. The van der Waals surface area contributed by atoms with Gasteiger partial charge in [0.1, 0.15) is 11.5 Å². The van der Waals surface area contributed by atoms with E-state index in [0.29, 0.717) is 29.9 Å². The fraction of sp³-hybridized carbons (Fsp3) is 0.152. The maximum Gasteiger partial charge on any atom is 0.511 e. The van der Waals surface area contributed by atoms with Crippen LogP contribution in [0.3, 0.4) is 0 Å². The van der Waals surface area contributed by atoms with Crippen molar-refractivity contribution in [1.82, 2.24) is 4.90 Å². The molecule has 0 radical (unpaired) electrons. The lowest BCUT2D eigenvalue weighted by molar-refractivity contribution is -0.384. The van der Waals surface area contributed by atoms with Gasteiger partial charge in [-0.1, -0.05) is 36.4 Å². The molecule has 0 spiro atoms. The summed E-state index contributed by atoms with van der Waals surface area (Å²) in [7, 11) is 0. The molecule has 5 rings (SSSR count). The number of non-ortho nitro benzene ring substituents is 1. The maximum absolute atomic E-state index is 14.5. The van der Waals surface area contributed by atoms with Gasteiger partial charge in [-0.25, -0.2) is 14.4 Å². The van der Waals surface area contributed by atoms with E-state index in [-0.39, 0.29) is 12.2 Å². The van der Waals surface area contributed by atoms with Gasteiger partial charge in [0.2, 0.25) is 0 Å². The molecule has 0 fully saturated rings. The molecular weight excluding hydrogens is 632 g/mol. The van der Waals surface area contributed by atoms with E-state index in [2.05, 4.69) is 4.74 Å². The van der Waals surface area contributed by atoms with E-state index in [9.17, 15) is 39.5 Å². The quantitative estimate of drug-likeness (QED) is 0.0662. The summed E-state index contributed by atoms with van der Waals surface area (Å²) in [4.78, 5) is 60.8. The number of nitro benzene ring substituents is 1. The fourth-order valence-electron chi connectivity index (χ4n) is 5.44. The summed E-state index contributed by atoms with van der Waals surface area (Å²) in [6.07, 6.45) is -3.54. The molecule has 1 atom stereocenters. The summed E-state index contributed by atoms with van der Waals surface area (Å²) in [6.45, 7) is -0.0513. The highest BCUT2D eigenvalue weighted by molar-refractivity contribution is 5.99. The Hall–Kier alpha value is -6.64. The lowest BCUT2D eigenvalue weighted by atomic mass is 9.86. The minimum Gasteiger partial charge on any atom is -0.457 e. The number of hydrogen-bond acceptors (Lipinski definition) is 10. The van der Waals surface area contributed by atoms with Crippen LogP contribution in [0.5, 0.6) is 28.7 Å². The number of carbonyl (C=O) groups excluding carboxylic acids is 1. The van der Waals surface area contributed by atoms with Crippen LogP contribution in [0, 0.1) is 10.1 Å². The molecule has 0 heterocycles. The Bertz CT molecular complexity index is 1890. The van der Waals surface area contributed by atoms with Crippen LogP contribution in [0.15, 0.2) is 84.9 Å². The molecule has 0 aromatic heterocycles. The van der Waals surface area contributed by atoms with Crippen molar-refractivity contribution in [3.8, 4) is 28.7 Å². The number of aryl methyl sites for hydroxylation is 1. The van der Waals surface area contributed by atoms with Crippen LogP contribution in [0.1, 0.15) is 45.9 Å². The minimum atomic E-state index is -1.86. The second-order valence-electron chi connectivity index (χ2n) is 10.4. The number of carbonyl (C=O) groups is 4. The smallest absolute Gasteiger partial charge is 0.457 e. The average molecular weight is 659 g/mol. The molecule has 0 aliphatic heterocycles. The molecule has 1 aliphatic rings. The normalized spacial score (nSPS) is 13.4. The molecule has 0 bridgehead atoms. The molecule has 0 saturated carbocycles. The Labute approximate surface area is 271 Å². The Morgan fingerprint density at radius 2 is 1.42 bits per heavy atom. The SMILES string of the molecule is O=C(O)Oc1cc(OC(=O)O)c(C(=O)N(Cc2cccc(Oc3ccc([N+](=O)[O-])cc3)c2)[C@H]2CCCc3ccccc32)cc1OC(=O)O. The second-order valence-corrected chi connectivity index (χ2v) is 10.4. The number of hydrogen-bond donors (Lipinski definition) is 3. The van der Waals surface area contributed by atoms with E-state index in [4.69, 9.17) is 19.3 Å². The number of ether oxygens (including phenoxy) is 4. The molecule has 246 valence electrons. The van der Waals surface area contributed by atoms with Crippen molar-refractivity contribution in [3.63, 3.8) is 0 Å². The highest BCUT2D eigenvalue weighted by Gasteiger charge is 2.33. The first-order valence-corrected chi connectivity index (χ1v) is 14.3. The molecule has 4 aromatic rings. The summed E-state index contributed by atoms with van der Waals surface area (Å²) in [5, 5.41) is 38.9. The van der Waals surface area contributed by atoms with E-state index < -0.39 is 58.2 Å². The van der Waals surface area contributed by atoms with Crippen molar-refractivity contribution in [2.75, 3.05) is 0 Å². The highest BCUT2D eigenvalue weighted by Crippen LogP contribution is 2.40. The number of fused-ring (bicyclic) bond motifs is 1. The molecule has 4 aromatic carbocycles. The van der Waals surface area contributed by atoms with Gasteiger partial charge in [0, 0.05) is 30.8 Å². The lowest BCUT2D eigenvalue weighted by Crippen LogP contribution is -2.36. The zero-order chi connectivity index (χ0) is 34.4. The van der Waals surface area contributed by atoms with Crippen LogP contribution in [0.4, 0.5) is 20.1 Å².